The number of pyridine rings is 1. The molecule has 1 aromatic carbocycles. The number of ether oxygens (including phenoxy) is 2. The van der Waals surface area contributed by atoms with E-state index in [-0.39, 0.29) is 6.61 Å². The molecule has 0 fully saturated rings. The summed E-state index contributed by atoms with van der Waals surface area (Å²) in [6, 6.07) is 11.0. The zero-order valence-electron chi connectivity index (χ0n) is 11.7. The van der Waals surface area contributed by atoms with Crippen molar-refractivity contribution in [2.45, 2.75) is 13.3 Å². The lowest BCUT2D eigenvalue weighted by Gasteiger charge is -2.11. The van der Waals surface area contributed by atoms with Crippen LogP contribution in [0.3, 0.4) is 0 Å². The molecule has 0 spiro atoms. The van der Waals surface area contributed by atoms with Crippen LogP contribution in [0.1, 0.15) is 18.2 Å². The van der Waals surface area contributed by atoms with Gasteiger partial charge < -0.3 is 9.47 Å². The largest absolute Gasteiger partial charge is 0.482 e. The fraction of sp³-hybridized carbons (Fsp3) is 0.250. The quantitative estimate of drug-likeness (QED) is 0.769. The van der Waals surface area contributed by atoms with Crippen molar-refractivity contribution in [2.24, 2.45) is 0 Å². The molecule has 0 N–H and O–H groups in total. The normalized spacial score (nSPS) is 10.2. The third kappa shape index (κ3) is 4.76. The molecule has 0 saturated carbocycles. The molecule has 0 unspecified atom stereocenters. The number of esters is 1. The molecule has 1 aromatic heterocycles. The first-order valence-corrected chi connectivity index (χ1v) is 7.03. The first-order valence-electron chi connectivity index (χ1n) is 6.65. The van der Waals surface area contributed by atoms with Crippen LogP contribution in [0.5, 0.6) is 5.75 Å². The van der Waals surface area contributed by atoms with Crippen molar-refractivity contribution in [3.63, 3.8) is 0 Å². The molecule has 0 atom stereocenters. The molecule has 0 saturated heterocycles. The molecule has 0 aliphatic rings. The first-order chi connectivity index (χ1) is 10.2. The number of nitrogens with zero attached hydrogens (tertiary/aromatic N) is 1. The van der Waals surface area contributed by atoms with Crippen molar-refractivity contribution in [1.29, 1.82) is 0 Å². The van der Waals surface area contributed by atoms with Crippen molar-refractivity contribution in [1.82, 2.24) is 4.98 Å². The van der Waals surface area contributed by atoms with Crippen molar-refractivity contribution in [2.75, 3.05) is 13.2 Å². The summed E-state index contributed by atoms with van der Waals surface area (Å²) in [5, 5.41) is 0.615. The Balaban J connectivity index is 2.12. The maximum Gasteiger partial charge on any atom is 0.344 e. The minimum atomic E-state index is -0.392. The number of carbonyl (C=O) groups is 1. The molecule has 4 nitrogen and oxygen atoms in total. The SMILES string of the molecule is CCOC(=O)COc1ccc(Cl)cc1Cc1ccccn1. The van der Waals surface area contributed by atoms with E-state index in [1.165, 1.54) is 0 Å². The third-order valence-electron chi connectivity index (χ3n) is 2.77. The van der Waals surface area contributed by atoms with E-state index in [2.05, 4.69) is 4.98 Å². The molecule has 0 bridgehead atoms. The number of carbonyl (C=O) groups excluding carboxylic acids is 1. The van der Waals surface area contributed by atoms with E-state index in [1.807, 2.05) is 24.3 Å². The van der Waals surface area contributed by atoms with Gasteiger partial charge in [-0.3, -0.25) is 4.98 Å². The van der Waals surface area contributed by atoms with Crippen LogP contribution in [0.25, 0.3) is 0 Å². The molecule has 1 heterocycles. The second-order valence-corrected chi connectivity index (χ2v) is 4.78. The lowest BCUT2D eigenvalue weighted by Crippen LogP contribution is -2.15. The Hall–Kier alpha value is -2.07. The van der Waals surface area contributed by atoms with Crippen LogP contribution in [0.15, 0.2) is 42.6 Å². The van der Waals surface area contributed by atoms with E-state index in [4.69, 9.17) is 21.1 Å². The number of halogens is 1. The monoisotopic (exact) mass is 305 g/mol. The Morgan fingerprint density at radius 2 is 2.14 bits per heavy atom. The predicted octanol–water partition coefficient (Wildman–Crippen LogP) is 3.27. The third-order valence-corrected chi connectivity index (χ3v) is 3.01. The Labute approximate surface area is 128 Å². The zero-order valence-corrected chi connectivity index (χ0v) is 12.5. The van der Waals surface area contributed by atoms with Crippen molar-refractivity contribution in [3.8, 4) is 5.75 Å². The number of benzene rings is 1. The van der Waals surface area contributed by atoms with Gasteiger partial charge in [0.05, 0.1) is 6.61 Å². The molecule has 2 rings (SSSR count). The highest BCUT2D eigenvalue weighted by Crippen LogP contribution is 2.25. The highest BCUT2D eigenvalue weighted by molar-refractivity contribution is 6.30. The van der Waals surface area contributed by atoms with Crippen molar-refractivity contribution in [3.05, 3.63) is 58.9 Å². The second-order valence-electron chi connectivity index (χ2n) is 4.34. The van der Waals surface area contributed by atoms with E-state index in [0.717, 1.165) is 11.3 Å². The van der Waals surface area contributed by atoms with Gasteiger partial charge >= 0.3 is 5.97 Å². The predicted molar refractivity (Wildman–Crippen MR) is 80.6 cm³/mol. The molecular formula is C16H16ClNO3. The van der Waals surface area contributed by atoms with E-state index in [1.54, 1.807) is 25.3 Å². The van der Waals surface area contributed by atoms with Gasteiger partial charge in [0.15, 0.2) is 6.61 Å². The van der Waals surface area contributed by atoms with Gasteiger partial charge in [0, 0.05) is 28.9 Å². The molecule has 0 amide bonds. The minimum Gasteiger partial charge on any atom is -0.482 e. The van der Waals surface area contributed by atoms with Gasteiger partial charge in [-0.25, -0.2) is 4.79 Å². The number of aromatic nitrogens is 1. The van der Waals surface area contributed by atoms with Gasteiger partial charge in [-0.15, -0.1) is 0 Å². The van der Waals surface area contributed by atoms with E-state index in [9.17, 15) is 4.79 Å². The fourth-order valence-corrected chi connectivity index (χ4v) is 2.06. The van der Waals surface area contributed by atoms with E-state index < -0.39 is 5.97 Å². The van der Waals surface area contributed by atoms with Gasteiger partial charge in [-0.05, 0) is 37.3 Å². The first kappa shape index (κ1) is 15.3. The lowest BCUT2D eigenvalue weighted by atomic mass is 10.1. The molecule has 0 aliphatic heterocycles. The topological polar surface area (TPSA) is 48.4 Å². The fourth-order valence-electron chi connectivity index (χ4n) is 1.86. The maximum atomic E-state index is 11.4. The Morgan fingerprint density at radius 1 is 1.29 bits per heavy atom. The molecular weight excluding hydrogens is 290 g/mol. The smallest absolute Gasteiger partial charge is 0.344 e. The van der Waals surface area contributed by atoms with E-state index in [0.29, 0.717) is 23.8 Å². The van der Waals surface area contributed by atoms with Crippen LogP contribution in [-0.4, -0.2) is 24.2 Å². The van der Waals surface area contributed by atoms with Crippen LogP contribution in [0.4, 0.5) is 0 Å². The molecule has 110 valence electrons. The van der Waals surface area contributed by atoms with Crippen LogP contribution in [-0.2, 0) is 16.0 Å². The van der Waals surface area contributed by atoms with Gasteiger partial charge in [-0.1, -0.05) is 17.7 Å². The lowest BCUT2D eigenvalue weighted by molar-refractivity contribution is -0.145. The highest BCUT2D eigenvalue weighted by atomic mass is 35.5. The van der Waals surface area contributed by atoms with Crippen LogP contribution < -0.4 is 4.74 Å². The number of hydrogen-bond acceptors (Lipinski definition) is 4. The summed E-state index contributed by atoms with van der Waals surface area (Å²) >= 11 is 6.03. The molecule has 0 aliphatic carbocycles. The van der Waals surface area contributed by atoms with Crippen LogP contribution in [0, 0.1) is 0 Å². The van der Waals surface area contributed by atoms with Gasteiger partial charge in [-0.2, -0.15) is 0 Å². The maximum absolute atomic E-state index is 11.4. The Kier molecular flexibility index (Phi) is 5.58. The highest BCUT2D eigenvalue weighted by Gasteiger charge is 2.09. The summed E-state index contributed by atoms with van der Waals surface area (Å²) in [4.78, 5) is 15.6. The molecule has 5 heteroatoms. The Bertz CT molecular complexity index is 602. The summed E-state index contributed by atoms with van der Waals surface area (Å²) < 4.78 is 10.4. The second kappa shape index (κ2) is 7.64. The van der Waals surface area contributed by atoms with Crippen molar-refractivity contribution >= 4 is 17.6 Å². The van der Waals surface area contributed by atoms with E-state index >= 15 is 0 Å². The minimum absolute atomic E-state index is 0.120. The molecule has 21 heavy (non-hydrogen) atoms. The summed E-state index contributed by atoms with van der Waals surface area (Å²) in [5.41, 5.74) is 1.78. The van der Waals surface area contributed by atoms with Crippen LogP contribution in [0.2, 0.25) is 5.02 Å². The number of hydrogen-bond donors (Lipinski definition) is 0. The summed E-state index contributed by atoms with van der Waals surface area (Å²) in [5.74, 6) is 0.217. The molecule has 2 aromatic rings. The number of rotatable bonds is 6. The van der Waals surface area contributed by atoms with Crippen molar-refractivity contribution < 1.29 is 14.3 Å². The summed E-state index contributed by atoms with van der Waals surface area (Å²) in [6.07, 6.45) is 2.32. The van der Waals surface area contributed by atoms with Gasteiger partial charge in [0.1, 0.15) is 5.75 Å². The average Bonchev–Trinajstić information content (AvgIpc) is 2.48. The van der Waals surface area contributed by atoms with Gasteiger partial charge in [0.25, 0.3) is 0 Å². The average molecular weight is 306 g/mol. The Morgan fingerprint density at radius 3 is 2.86 bits per heavy atom. The zero-order chi connectivity index (χ0) is 15.1. The standard InChI is InChI=1S/C16H16ClNO3/c1-2-20-16(19)11-21-15-7-6-13(17)9-12(15)10-14-5-3-4-8-18-14/h3-9H,2,10-11H2,1H3. The molecule has 0 radical (unpaired) electrons. The summed E-state index contributed by atoms with van der Waals surface area (Å²) in [6.45, 7) is 1.97. The van der Waals surface area contributed by atoms with Gasteiger partial charge in [0.2, 0.25) is 0 Å². The summed E-state index contributed by atoms with van der Waals surface area (Å²) in [7, 11) is 0. The van der Waals surface area contributed by atoms with Crippen LogP contribution >= 0.6 is 11.6 Å².